The summed E-state index contributed by atoms with van der Waals surface area (Å²) < 4.78 is 1.56. The number of aliphatic hydroxyl groups is 1. The maximum atomic E-state index is 11.5. The summed E-state index contributed by atoms with van der Waals surface area (Å²) in [6.07, 6.45) is 4.48. The molecule has 0 aliphatic heterocycles. The molecule has 5 heteroatoms. The fourth-order valence-electron chi connectivity index (χ4n) is 2.24. The molecule has 0 atom stereocenters. The van der Waals surface area contributed by atoms with Gasteiger partial charge in [-0.2, -0.15) is 0 Å². The molecule has 0 aromatic carbocycles. The van der Waals surface area contributed by atoms with E-state index < -0.39 is 0 Å². The number of H-pyrrole nitrogens is 1. The van der Waals surface area contributed by atoms with Crippen molar-refractivity contribution in [1.82, 2.24) is 9.78 Å². The van der Waals surface area contributed by atoms with Gasteiger partial charge in [-0.25, -0.2) is 0 Å². The van der Waals surface area contributed by atoms with Gasteiger partial charge in [0.2, 0.25) is 5.88 Å². The third-order valence-corrected chi connectivity index (χ3v) is 3.05. The zero-order valence-corrected chi connectivity index (χ0v) is 8.57. The molecule has 1 aromatic rings. The molecule has 15 heavy (non-hydrogen) atoms. The van der Waals surface area contributed by atoms with Gasteiger partial charge in [-0.15, -0.1) is 0 Å². The molecule has 1 saturated carbocycles. The van der Waals surface area contributed by atoms with Crippen LogP contribution in [0.5, 0.6) is 5.88 Å². The van der Waals surface area contributed by atoms with E-state index in [9.17, 15) is 9.90 Å². The van der Waals surface area contributed by atoms with Crippen molar-refractivity contribution in [3.63, 3.8) is 0 Å². The number of rotatable bonds is 3. The summed E-state index contributed by atoms with van der Waals surface area (Å²) in [5.41, 5.74) is 0.0119. The molecule has 1 aliphatic rings. The zero-order chi connectivity index (χ0) is 10.8. The number of hydrogen-bond donors (Lipinski definition) is 3. The molecular formula is C10H16N2O3. The fraction of sp³-hybridized carbons (Fsp3) is 0.700. The Morgan fingerprint density at radius 3 is 2.67 bits per heavy atom. The summed E-state index contributed by atoms with van der Waals surface area (Å²) in [4.78, 5) is 11.5. The maximum absolute atomic E-state index is 11.5. The lowest BCUT2D eigenvalue weighted by molar-refractivity contribution is 0.295. The van der Waals surface area contributed by atoms with Crippen LogP contribution >= 0.6 is 0 Å². The van der Waals surface area contributed by atoms with E-state index in [1.165, 1.54) is 0 Å². The molecule has 3 N–H and O–H groups in total. The smallest absolute Gasteiger partial charge is 0.271 e. The quantitative estimate of drug-likeness (QED) is 0.684. The molecule has 1 aromatic heterocycles. The van der Waals surface area contributed by atoms with Crippen LogP contribution in [-0.2, 0) is 6.42 Å². The molecule has 0 unspecified atom stereocenters. The van der Waals surface area contributed by atoms with Gasteiger partial charge in [-0.3, -0.25) is 14.6 Å². The Kier molecular flexibility index (Phi) is 2.81. The minimum Gasteiger partial charge on any atom is -0.493 e. The van der Waals surface area contributed by atoms with Crippen molar-refractivity contribution in [2.75, 3.05) is 6.61 Å². The molecule has 2 rings (SSSR count). The number of aliphatic hydroxyl groups excluding tert-OH is 1. The SMILES string of the molecule is O=c1[nH]n(C2CCCC2)c(O)c1CCO. The molecular weight excluding hydrogens is 196 g/mol. The van der Waals surface area contributed by atoms with E-state index in [2.05, 4.69) is 5.10 Å². The summed E-state index contributed by atoms with van der Waals surface area (Å²) in [5, 5.41) is 21.2. The summed E-state index contributed by atoms with van der Waals surface area (Å²) in [5.74, 6) is 0.000880. The van der Waals surface area contributed by atoms with Crippen molar-refractivity contribution in [2.45, 2.75) is 38.1 Å². The van der Waals surface area contributed by atoms with Crippen LogP contribution in [0.15, 0.2) is 4.79 Å². The molecule has 1 fully saturated rings. The summed E-state index contributed by atoms with van der Waals surface area (Å²) in [6.45, 7) is -0.120. The van der Waals surface area contributed by atoms with Gasteiger partial charge in [-0.05, 0) is 12.8 Å². The van der Waals surface area contributed by atoms with Gasteiger partial charge in [-0.1, -0.05) is 12.8 Å². The highest BCUT2D eigenvalue weighted by Crippen LogP contribution is 2.32. The first-order valence-electron chi connectivity index (χ1n) is 5.37. The minimum atomic E-state index is -0.284. The highest BCUT2D eigenvalue weighted by Gasteiger charge is 2.22. The van der Waals surface area contributed by atoms with Crippen LogP contribution < -0.4 is 5.56 Å². The van der Waals surface area contributed by atoms with Gasteiger partial charge in [0.05, 0.1) is 11.6 Å². The van der Waals surface area contributed by atoms with Crippen LogP contribution in [0.1, 0.15) is 37.3 Å². The second-order valence-electron chi connectivity index (χ2n) is 4.02. The Balaban J connectivity index is 2.32. The van der Waals surface area contributed by atoms with Crippen LogP contribution in [0.3, 0.4) is 0 Å². The van der Waals surface area contributed by atoms with Gasteiger partial charge in [0.15, 0.2) is 0 Å². The molecule has 5 nitrogen and oxygen atoms in total. The van der Waals surface area contributed by atoms with E-state index in [1.54, 1.807) is 4.68 Å². The van der Waals surface area contributed by atoms with Gasteiger partial charge >= 0.3 is 0 Å². The van der Waals surface area contributed by atoms with Crippen molar-refractivity contribution >= 4 is 0 Å². The van der Waals surface area contributed by atoms with Crippen LogP contribution in [0, 0.1) is 0 Å². The number of aromatic hydroxyl groups is 1. The summed E-state index contributed by atoms with van der Waals surface area (Å²) >= 11 is 0. The predicted octanol–water partition coefficient (Wildman–Crippen LogP) is 0.532. The standard InChI is InChI=1S/C10H16N2O3/c13-6-5-8-9(14)11-12(10(8)15)7-3-1-2-4-7/h7,13,15H,1-6H2,(H,11,14). The van der Waals surface area contributed by atoms with E-state index in [1.807, 2.05) is 0 Å². The van der Waals surface area contributed by atoms with E-state index >= 15 is 0 Å². The van der Waals surface area contributed by atoms with Crippen molar-refractivity contribution in [3.8, 4) is 5.88 Å². The van der Waals surface area contributed by atoms with Crippen molar-refractivity contribution in [1.29, 1.82) is 0 Å². The third kappa shape index (κ3) is 1.79. The molecule has 0 spiro atoms. The number of aromatic nitrogens is 2. The van der Waals surface area contributed by atoms with E-state index in [0.29, 0.717) is 5.56 Å². The summed E-state index contributed by atoms with van der Waals surface area (Å²) in [7, 11) is 0. The Bertz CT molecular complexity index is 388. The van der Waals surface area contributed by atoms with Gasteiger partial charge < -0.3 is 10.2 Å². The van der Waals surface area contributed by atoms with Gasteiger partial charge in [0.25, 0.3) is 5.56 Å². The second-order valence-corrected chi connectivity index (χ2v) is 4.02. The Morgan fingerprint density at radius 2 is 2.07 bits per heavy atom. The van der Waals surface area contributed by atoms with E-state index in [4.69, 9.17) is 5.11 Å². The zero-order valence-electron chi connectivity index (χ0n) is 8.57. The number of aromatic amines is 1. The Hall–Kier alpha value is -1.23. The lowest BCUT2D eigenvalue weighted by Gasteiger charge is -2.11. The molecule has 0 saturated heterocycles. The number of nitrogens with one attached hydrogen (secondary N) is 1. The highest BCUT2D eigenvalue weighted by atomic mass is 16.3. The highest BCUT2D eigenvalue weighted by molar-refractivity contribution is 5.23. The normalized spacial score (nSPS) is 17.4. The Morgan fingerprint density at radius 1 is 1.40 bits per heavy atom. The molecule has 1 aliphatic carbocycles. The first kappa shape index (κ1) is 10.3. The van der Waals surface area contributed by atoms with E-state index in [0.717, 1.165) is 25.7 Å². The molecule has 0 radical (unpaired) electrons. The van der Waals surface area contributed by atoms with Crippen LogP contribution in [0.4, 0.5) is 0 Å². The van der Waals surface area contributed by atoms with Crippen molar-refractivity contribution in [2.24, 2.45) is 0 Å². The first-order chi connectivity index (χ1) is 7.24. The largest absolute Gasteiger partial charge is 0.493 e. The minimum absolute atomic E-state index is 0.000880. The third-order valence-electron chi connectivity index (χ3n) is 3.05. The molecule has 1 heterocycles. The van der Waals surface area contributed by atoms with E-state index in [-0.39, 0.29) is 30.5 Å². The van der Waals surface area contributed by atoms with Crippen LogP contribution in [-0.4, -0.2) is 26.6 Å². The predicted molar refractivity (Wildman–Crippen MR) is 55.0 cm³/mol. The fourth-order valence-corrected chi connectivity index (χ4v) is 2.24. The van der Waals surface area contributed by atoms with Crippen LogP contribution in [0.2, 0.25) is 0 Å². The average Bonchev–Trinajstić information content (AvgIpc) is 2.81. The molecule has 84 valence electrons. The molecule has 0 amide bonds. The maximum Gasteiger partial charge on any atom is 0.271 e. The monoisotopic (exact) mass is 212 g/mol. The lowest BCUT2D eigenvalue weighted by atomic mass is 10.2. The van der Waals surface area contributed by atoms with Gasteiger partial charge in [0, 0.05) is 13.0 Å². The Labute approximate surface area is 87.3 Å². The van der Waals surface area contributed by atoms with Crippen LogP contribution in [0.25, 0.3) is 0 Å². The molecule has 0 bridgehead atoms. The lowest BCUT2D eigenvalue weighted by Crippen LogP contribution is -2.11. The number of nitrogens with zero attached hydrogens (tertiary/aromatic N) is 1. The second kappa shape index (κ2) is 4.10. The van der Waals surface area contributed by atoms with Gasteiger partial charge in [0.1, 0.15) is 0 Å². The average molecular weight is 212 g/mol. The van der Waals surface area contributed by atoms with Crippen molar-refractivity contribution < 1.29 is 10.2 Å². The first-order valence-corrected chi connectivity index (χ1v) is 5.37. The van der Waals surface area contributed by atoms with Crippen molar-refractivity contribution in [3.05, 3.63) is 15.9 Å². The topological polar surface area (TPSA) is 78.2 Å². The number of hydrogen-bond acceptors (Lipinski definition) is 3. The summed E-state index contributed by atoms with van der Waals surface area (Å²) in [6, 6.07) is 0.213.